The summed E-state index contributed by atoms with van der Waals surface area (Å²) in [5.74, 6) is 0.945. The molecule has 1 amide bonds. The fraction of sp³-hybridized carbons (Fsp3) is 0.250. The Morgan fingerprint density at radius 2 is 1.68 bits per heavy atom. The number of aryl methyl sites for hydroxylation is 1. The summed E-state index contributed by atoms with van der Waals surface area (Å²) in [6.07, 6.45) is 2.42. The molecule has 2 heterocycles. The van der Waals surface area contributed by atoms with Gasteiger partial charge in [-0.3, -0.25) is 9.69 Å². The van der Waals surface area contributed by atoms with Crippen molar-refractivity contribution in [1.29, 1.82) is 0 Å². The van der Waals surface area contributed by atoms with Crippen LogP contribution < -0.4 is 15.1 Å². The Hall–Kier alpha value is -3.29. The maximum absolute atomic E-state index is 11.4. The summed E-state index contributed by atoms with van der Waals surface area (Å²) in [4.78, 5) is 22.8. The lowest BCUT2D eigenvalue weighted by Gasteiger charge is -2.36. The molecule has 5 rings (SSSR count). The van der Waals surface area contributed by atoms with Gasteiger partial charge < -0.3 is 15.1 Å². The lowest BCUT2D eigenvalue weighted by molar-refractivity contribution is -0.109. The van der Waals surface area contributed by atoms with Gasteiger partial charge >= 0.3 is 0 Å². The van der Waals surface area contributed by atoms with Crippen molar-refractivity contribution in [3.63, 3.8) is 0 Å². The maximum Gasteiger partial charge on any atom is 0.207 e. The van der Waals surface area contributed by atoms with Crippen molar-refractivity contribution in [2.75, 3.05) is 43.0 Å². The number of benzene rings is 3. The SMILES string of the molecule is Cc1cccc(Cl)c1N(C)c1cc(CN2CCN(c3ccc(Cl)cn3)CC2)cc(-c2ccccc2Cl)c1CNC=O. The van der Waals surface area contributed by atoms with Gasteiger partial charge in [0.1, 0.15) is 5.82 Å². The number of carbonyl (C=O) groups excluding carboxylic acids is 1. The molecular formula is C32H32Cl3N5O. The van der Waals surface area contributed by atoms with E-state index in [-0.39, 0.29) is 0 Å². The van der Waals surface area contributed by atoms with E-state index in [0.29, 0.717) is 21.6 Å². The second kappa shape index (κ2) is 13.1. The summed E-state index contributed by atoms with van der Waals surface area (Å²) >= 11 is 19.5. The van der Waals surface area contributed by atoms with Crippen LogP contribution in [0.2, 0.25) is 15.1 Å². The molecule has 9 heteroatoms. The molecule has 0 bridgehead atoms. The topological polar surface area (TPSA) is 51.7 Å². The number of piperazine rings is 1. The third kappa shape index (κ3) is 6.62. The fourth-order valence-electron chi connectivity index (χ4n) is 5.47. The van der Waals surface area contributed by atoms with Crippen LogP contribution in [-0.2, 0) is 17.9 Å². The highest BCUT2D eigenvalue weighted by Crippen LogP contribution is 2.41. The number of halogens is 3. The summed E-state index contributed by atoms with van der Waals surface area (Å²) in [6, 6.07) is 22.0. The van der Waals surface area contributed by atoms with Crippen molar-refractivity contribution >= 4 is 58.4 Å². The number of hydrogen-bond donors (Lipinski definition) is 1. The molecule has 0 atom stereocenters. The van der Waals surface area contributed by atoms with Crippen LogP contribution in [0.25, 0.3) is 11.1 Å². The van der Waals surface area contributed by atoms with Gasteiger partial charge in [-0.05, 0) is 60.0 Å². The van der Waals surface area contributed by atoms with Gasteiger partial charge in [-0.2, -0.15) is 0 Å². The number of rotatable bonds is 9. The van der Waals surface area contributed by atoms with E-state index in [1.165, 1.54) is 0 Å². The molecule has 1 N–H and O–H groups in total. The first-order valence-corrected chi connectivity index (χ1v) is 14.6. The van der Waals surface area contributed by atoms with Gasteiger partial charge in [0.15, 0.2) is 0 Å². The van der Waals surface area contributed by atoms with Crippen LogP contribution in [0.15, 0.2) is 72.9 Å². The molecule has 41 heavy (non-hydrogen) atoms. The van der Waals surface area contributed by atoms with Crippen molar-refractivity contribution in [1.82, 2.24) is 15.2 Å². The molecule has 0 saturated carbocycles. The number of hydrogen-bond acceptors (Lipinski definition) is 5. The van der Waals surface area contributed by atoms with Gasteiger partial charge in [-0.25, -0.2) is 4.98 Å². The molecule has 0 unspecified atom stereocenters. The molecule has 1 saturated heterocycles. The largest absolute Gasteiger partial charge is 0.354 e. The molecule has 4 aromatic rings. The number of carbonyl (C=O) groups is 1. The van der Waals surface area contributed by atoms with Crippen LogP contribution in [0, 0.1) is 6.92 Å². The van der Waals surface area contributed by atoms with Gasteiger partial charge in [0.2, 0.25) is 6.41 Å². The van der Waals surface area contributed by atoms with Crippen molar-refractivity contribution in [3.05, 3.63) is 105 Å². The Labute approximate surface area is 256 Å². The molecule has 0 aliphatic carbocycles. The predicted molar refractivity (Wildman–Crippen MR) is 171 cm³/mol. The van der Waals surface area contributed by atoms with E-state index in [2.05, 4.69) is 50.1 Å². The van der Waals surface area contributed by atoms with Crippen LogP contribution in [0.4, 0.5) is 17.2 Å². The number of nitrogens with one attached hydrogen (secondary N) is 1. The number of amides is 1. The van der Waals surface area contributed by atoms with E-state index in [4.69, 9.17) is 34.8 Å². The summed E-state index contributed by atoms with van der Waals surface area (Å²) in [7, 11) is 2.02. The molecule has 1 aliphatic rings. The maximum atomic E-state index is 11.4. The van der Waals surface area contributed by atoms with Crippen LogP contribution >= 0.6 is 34.8 Å². The predicted octanol–water partition coefficient (Wildman–Crippen LogP) is 7.35. The Bertz CT molecular complexity index is 1500. The van der Waals surface area contributed by atoms with E-state index in [0.717, 1.165) is 84.1 Å². The highest BCUT2D eigenvalue weighted by molar-refractivity contribution is 6.34. The fourth-order valence-corrected chi connectivity index (χ4v) is 6.17. The standard InChI is InChI=1S/C32H32Cl3N5O/c1-22-6-5-9-29(35)32(22)38(2)30-17-23(16-26(27(30)19-36-21-41)25-7-3-4-8-28(25)34)20-39-12-14-40(15-13-39)31-11-10-24(33)18-37-31/h3-11,16-18,21H,12-15,19-20H2,1-2H3,(H,36,41). The minimum absolute atomic E-state index is 0.347. The van der Waals surface area contributed by atoms with E-state index in [1.54, 1.807) is 6.20 Å². The quantitative estimate of drug-likeness (QED) is 0.201. The van der Waals surface area contributed by atoms with E-state index in [9.17, 15) is 4.79 Å². The van der Waals surface area contributed by atoms with E-state index >= 15 is 0 Å². The van der Waals surface area contributed by atoms with Crippen LogP contribution in [-0.4, -0.2) is 49.5 Å². The first-order valence-electron chi connectivity index (χ1n) is 13.5. The van der Waals surface area contributed by atoms with Crippen molar-refractivity contribution in [2.45, 2.75) is 20.0 Å². The summed E-state index contributed by atoms with van der Waals surface area (Å²) < 4.78 is 0. The molecule has 3 aromatic carbocycles. The van der Waals surface area contributed by atoms with Crippen molar-refractivity contribution in [3.8, 4) is 11.1 Å². The first kappa shape index (κ1) is 29.2. The van der Waals surface area contributed by atoms with Gasteiger partial charge in [0.25, 0.3) is 0 Å². The Kier molecular flexibility index (Phi) is 9.35. The first-order chi connectivity index (χ1) is 19.9. The van der Waals surface area contributed by atoms with Crippen LogP contribution in [0.5, 0.6) is 0 Å². The summed E-state index contributed by atoms with van der Waals surface area (Å²) in [5.41, 5.74) is 6.97. The molecule has 1 aromatic heterocycles. The monoisotopic (exact) mass is 607 g/mol. The van der Waals surface area contributed by atoms with Gasteiger partial charge in [0, 0.05) is 74.3 Å². The van der Waals surface area contributed by atoms with Crippen molar-refractivity contribution < 1.29 is 4.79 Å². The van der Waals surface area contributed by atoms with Gasteiger partial charge in [-0.1, -0.05) is 65.1 Å². The van der Waals surface area contributed by atoms with E-state index < -0.39 is 0 Å². The third-order valence-electron chi connectivity index (χ3n) is 7.51. The van der Waals surface area contributed by atoms with E-state index in [1.807, 2.05) is 55.6 Å². The van der Waals surface area contributed by atoms with Crippen LogP contribution in [0.1, 0.15) is 16.7 Å². The summed E-state index contributed by atoms with van der Waals surface area (Å²) in [5, 5.41) is 4.84. The normalized spacial score (nSPS) is 13.7. The second-order valence-corrected chi connectivity index (χ2v) is 11.4. The highest BCUT2D eigenvalue weighted by atomic mass is 35.5. The zero-order chi connectivity index (χ0) is 28.9. The summed E-state index contributed by atoms with van der Waals surface area (Å²) in [6.45, 7) is 6.71. The number of para-hydroxylation sites is 1. The molecular weight excluding hydrogens is 577 g/mol. The van der Waals surface area contributed by atoms with Gasteiger partial charge in [-0.15, -0.1) is 0 Å². The Morgan fingerprint density at radius 3 is 2.37 bits per heavy atom. The Balaban J connectivity index is 1.52. The molecule has 0 radical (unpaired) electrons. The zero-order valence-electron chi connectivity index (χ0n) is 23.1. The smallest absolute Gasteiger partial charge is 0.207 e. The minimum Gasteiger partial charge on any atom is -0.354 e. The third-order valence-corrected chi connectivity index (χ3v) is 8.37. The molecule has 212 valence electrons. The molecule has 1 aliphatic heterocycles. The van der Waals surface area contributed by atoms with Crippen LogP contribution in [0.3, 0.4) is 0 Å². The lowest BCUT2D eigenvalue weighted by atomic mass is 9.94. The Morgan fingerprint density at radius 1 is 0.927 bits per heavy atom. The van der Waals surface area contributed by atoms with Crippen molar-refractivity contribution in [2.24, 2.45) is 0 Å². The number of pyridine rings is 1. The average Bonchev–Trinajstić information content (AvgIpc) is 2.97. The number of aromatic nitrogens is 1. The average molecular weight is 609 g/mol. The highest BCUT2D eigenvalue weighted by Gasteiger charge is 2.23. The van der Waals surface area contributed by atoms with Gasteiger partial charge in [0.05, 0.1) is 15.7 Å². The number of anilines is 3. The minimum atomic E-state index is 0.347. The zero-order valence-corrected chi connectivity index (χ0v) is 25.3. The molecule has 0 spiro atoms. The molecule has 6 nitrogen and oxygen atoms in total. The number of nitrogens with zero attached hydrogens (tertiary/aromatic N) is 4. The lowest BCUT2D eigenvalue weighted by Crippen LogP contribution is -2.46. The molecule has 1 fully saturated rings. The second-order valence-electron chi connectivity index (χ2n) is 10.2.